The van der Waals surface area contributed by atoms with Gasteiger partial charge in [0.25, 0.3) is 0 Å². The predicted molar refractivity (Wildman–Crippen MR) is 90.0 cm³/mol. The first-order valence-corrected chi connectivity index (χ1v) is 7.59. The smallest absolute Gasteiger partial charge is 0.320 e. The van der Waals surface area contributed by atoms with Gasteiger partial charge in [-0.25, -0.2) is 18.6 Å². The molecule has 0 spiro atoms. The molecule has 0 aliphatic heterocycles. The van der Waals surface area contributed by atoms with E-state index < -0.39 is 23.7 Å². The lowest BCUT2D eigenvalue weighted by Gasteiger charge is -2.20. The summed E-state index contributed by atoms with van der Waals surface area (Å²) < 4.78 is 28.9. The number of rotatable bonds is 4. The molecule has 25 heavy (non-hydrogen) atoms. The van der Waals surface area contributed by atoms with Crippen LogP contribution in [0.15, 0.2) is 60.9 Å². The number of hydrogen-bond donors (Lipinski definition) is 2. The SMILES string of the molecule is Cn1ccnc1[C@H](NC(=O)Nc1ccc(F)cc1)c1ccccc1F. The zero-order valence-corrected chi connectivity index (χ0v) is 13.4. The number of anilines is 1. The van der Waals surface area contributed by atoms with Crippen molar-refractivity contribution in [1.29, 1.82) is 0 Å². The van der Waals surface area contributed by atoms with E-state index in [0.29, 0.717) is 17.1 Å². The number of amides is 2. The van der Waals surface area contributed by atoms with Gasteiger partial charge in [-0.05, 0) is 30.3 Å². The number of carbonyl (C=O) groups is 1. The summed E-state index contributed by atoms with van der Waals surface area (Å²) in [5.74, 6) is -0.361. The Labute approximate surface area is 143 Å². The fourth-order valence-corrected chi connectivity index (χ4v) is 2.48. The Morgan fingerprint density at radius 2 is 1.84 bits per heavy atom. The second kappa shape index (κ2) is 7.12. The first kappa shape index (κ1) is 16.6. The molecule has 0 saturated heterocycles. The van der Waals surface area contributed by atoms with Crippen molar-refractivity contribution < 1.29 is 13.6 Å². The third kappa shape index (κ3) is 3.82. The Balaban J connectivity index is 1.85. The van der Waals surface area contributed by atoms with Gasteiger partial charge in [0.05, 0.1) is 0 Å². The minimum Gasteiger partial charge on any atom is -0.336 e. The molecule has 128 valence electrons. The number of halogens is 2. The van der Waals surface area contributed by atoms with Crippen LogP contribution in [0.5, 0.6) is 0 Å². The molecule has 1 heterocycles. The normalized spacial score (nSPS) is 11.8. The third-order valence-electron chi connectivity index (χ3n) is 3.71. The summed E-state index contributed by atoms with van der Waals surface area (Å²) in [6.07, 6.45) is 3.28. The van der Waals surface area contributed by atoms with Gasteiger partial charge >= 0.3 is 6.03 Å². The van der Waals surface area contributed by atoms with E-state index in [-0.39, 0.29) is 0 Å². The van der Waals surface area contributed by atoms with E-state index in [0.717, 1.165) is 0 Å². The largest absolute Gasteiger partial charge is 0.336 e. The van der Waals surface area contributed by atoms with E-state index in [2.05, 4.69) is 15.6 Å². The highest BCUT2D eigenvalue weighted by molar-refractivity contribution is 5.89. The molecule has 7 heteroatoms. The number of hydrogen-bond acceptors (Lipinski definition) is 2. The minimum absolute atomic E-state index is 0.297. The molecule has 2 N–H and O–H groups in total. The maximum Gasteiger partial charge on any atom is 0.320 e. The number of urea groups is 1. The molecule has 0 radical (unpaired) electrons. The molecule has 2 amide bonds. The molecule has 0 aliphatic rings. The lowest BCUT2D eigenvalue weighted by atomic mass is 10.1. The van der Waals surface area contributed by atoms with Crippen molar-refractivity contribution >= 4 is 11.7 Å². The number of aryl methyl sites for hydroxylation is 1. The second-order valence-corrected chi connectivity index (χ2v) is 5.46. The van der Waals surface area contributed by atoms with Gasteiger partial charge < -0.3 is 15.2 Å². The van der Waals surface area contributed by atoms with Crippen molar-refractivity contribution in [1.82, 2.24) is 14.9 Å². The Morgan fingerprint density at radius 3 is 2.48 bits per heavy atom. The van der Waals surface area contributed by atoms with Crippen molar-refractivity contribution in [2.45, 2.75) is 6.04 Å². The molecule has 3 aromatic rings. The lowest BCUT2D eigenvalue weighted by molar-refractivity contribution is 0.249. The predicted octanol–water partition coefficient (Wildman–Crippen LogP) is 3.61. The van der Waals surface area contributed by atoms with Gasteiger partial charge in [0, 0.05) is 30.7 Å². The lowest BCUT2D eigenvalue weighted by Crippen LogP contribution is -2.35. The number of imidazole rings is 1. The van der Waals surface area contributed by atoms with Gasteiger partial charge in [0.15, 0.2) is 0 Å². The van der Waals surface area contributed by atoms with Crippen molar-refractivity contribution in [2.75, 3.05) is 5.32 Å². The number of nitrogens with zero attached hydrogens (tertiary/aromatic N) is 2. The Hall–Kier alpha value is -3.22. The van der Waals surface area contributed by atoms with E-state index in [1.807, 2.05) is 0 Å². The van der Waals surface area contributed by atoms with Crippen LogP contribution in [0, 0.1) is 11.6 Å². The quantitative estimate of drug-likeness (QED) is 0.761. The summed E-state index contributed by atoms with van der Waals surface area (Å²) in [6.45, 7) is 0. The fraction of sp³-hybridized carbons (Fsp3) is 0.111. The van der Waals surface area contributed by atoms with E-state index >= 15 is 0 Å². The van der Waals surface area contributed by atoms with Crippen molar-refractivity contribution in [2.24, 2.45) is 7.05 Å². The average Bonchev–Trinajstić information content (AvgIpc) is 3.01. The van der Waals surface area contributed by atoms with Gasteiger partial charge in [0.1, 0.15) is 23.5 Å². The van der Waals surface area contributed by atoms with Gasteiger partial charge in [-0.2, -0.15) is 0 Å². The van der Waals surface area contributed by atoms with E-state index in [1.54, 1.807) is 42.2 Å². The van der Waals surface area contributed by atoms with Crippen LogP contribution in [-0.4, -0.2) is 15.6 Å². The Kier molecular flexibility index (Phi) is 4.74. The van der Waals surface area contributed by atoms with Crippen molar-refractivity contribution in [3.63, 3.8) is 0 Å². The summed E-state index contributed by atoms with van der Waals surface area (Å²) in [4.78, 5) is 16.5. The van der Waals surface area contributed by atoms with Gasteiger partial charge in [-0.3, -0.25) is 0 Å². The zero-order valence-electron chi connectivity index (χ0n) is 13.4. The van der Waals surface area contributed by atoms with Crippen LogP contribution in [0.1, 0.15) is 17.4 Å². The molecular weight excluding hydrogens is 326 g/mol. The van der Waals surface area contributed by atoms with Crippen LogP contribution in [-0.2, 0) is 7.05 Å². The second-order valence-electron chi connectivity index (χ2n) is 5.46. The van der Waals surface area contributed by atoms with Crippen molar-refractivity contribution in [3.8, 4) is 0 Å². The van der Waals surface area contributed by atoms with Gasteiger partial charge in [-0.15, -0.1) is 0 Å². The molecule has 0 fully saturated rings. The van der Waals surface area contributed by atoms with E-state index in [1.165, 1.54) is 30.3 Å². The van der Waals surface area contributed by atoms with Crippen LogP contribution in [0.3, 0.4) is 0 Å². The molecule has 1 aromatic heterocycles. The van der Waals surface area contributed by atoms with Crippen LogP contribution < -0.4 is 10.6 Å². The highest BCUT2D eigenvalue weighted by Gasteiger charge is 2.23. The standard InChI is InChI=1S/C18H16F2N4O/c1-24-11-10-21-17(24)16(14-4-2-3-5-15(14)20)23-18(25)22-13-8-6-12(19)7-9-13/h2-11,16H,1H3,(H2,22,23,25)/t16-/m1/s1. The van der Waals surface area contributed by atoms with Crippen LogP contribution in [0.2, 0.25) is 0 Å². The monoisotopic (exact) mass is 342 g/mol. The molecule has 2 aromatic carbocycles. The summed E-state index contributed by atoms with van der Waals surface area (Å²) in [5, 5.41) is 5.31. The van der Waals surface area contributed by atoms with Crippen LogP contribution in [0.4, 0.5) is 19.3 Å². The van der Waals surface area contributed by atoms with Crippen LogP contribution in [0.25, 0.3) is 0 Å². The average molecular weight is 342 g/mol. The highest BCUT2D eigenvalue weighted by Crippen LogP contribution is 2.23. The summed E-state index contributed by atoms with van der Waals surface area (Å²) in [5.41, 5.74) is 0.720. The summed E-state index contributed by atoms with van der Waals surface area (Å²) in [7, 11) is 1.76. The number of benzene rings is 2. The Morgan fingerprint density at radius 1 is 1.12 bits per heavy atom. The summed E-state index contributed by atoms with van der Waals surface area (Å²) >= 11 is 0. The zero-order chi connectivity index (χ0) is 17.8. The number of nitrogens with one attached hydrogen (secondary N) is 2. The third-order valence-corrected chi connectivity index (χ3v) is 3.71. The van der Waals surface area contributed by atoms with Gasteiger partial charge in [0.2, 0.25) is 0 Å². The first-order valence-electron chi connectivity index (χ1n) is 7.59. The summed E-state index contributed by atoms with van der Waals surface area (Å²) in [6, 6.07) is 10.2. The molecule has 1 atom stereocenters. The number of aromatic nitrogens is 2. The molecule has 0 saturated carbocycles. The molecule has 5 nitrogen and oxygen atoms in total. The maximum absolute atomic E-state index is 14.2. The Bertz CT molecular complexity index is 877. The molecule has 0 unspecified atom stereocenters. The van der Waals surface area contributed by atoms with Gasteiger partial charge in [-0.1, -0.05) is 18.2 Å². The highest BCUT2D eigenvalue weighted by atomic mass is 19.1. The molecule has 0 bridgehead atoms. The van der Waals surface area contributed by atoms with E-state index in [4.69, 9.17) is 0 Å². The van der Waals surface area contributed by atoms with E-state index in [9.17, 15) is 13.6 Å². The molecule has 3 rings (SSSR count). The molecular formula is C18H16F2N4O. The van der Waals surface area contributed by atoms with Crippen molar-refractivity contribution in [3.05, 3.63) is 83.9 Å². The first-order chi connectivity index (χ1) is 12.0. The topological polar surface area (TPSA) is 59.0 Å². The fourth-order valence-electron chi connectivity index (χ4n) is 2.48. The minimum atomic E-state index is -0.776. The molecule has 0 aliphatic carbocycles. The number of carbonyl (C=O) groups excluding carboxylic acids is 1. The maximum atomic E-state index is 14.2. The van der Waals surface area contributed by atoms with Crippen LogP contribution >= 0.6 is 0 Å².